The van der Waals surface area contributed by atoms with Crippen molar-refractivity contribution < 1.29 is 9.59 Å². The van der Waals surface area contributed by atoms with Crippen LogP contribution in [0.1, 0.15) is 32.3 Å². The number of amides is 2. The highest BCUT2D eigenvalue weighted by Crippen LogP contribution is 2.26. The average molecular weight is 274 g/mol. The summed E-state index contributed by atoms with van der Waals surface area (Å²) in [6, 6.07) is 7.98. The SMILES string of the molecule is CCCNC(=O)C1CC(=O)N(c2cccc(CC)c2)C1. The molecule has 1 saturated heterocycles. The van der Waals surface area contributed by atoms with Gasteiger partial charge < -0.3 is 10.2 Å². The average Bonchev–Trinajstić information content (AvgIpc) is 2.87. The third kappa shape index (κ3) is 3.18. The maximum absolute atomic E-state index is 12.1. The van der Waals surface area contributed by atoms with Gasteiger partial charge >= 0.3 is 0 Å². The van der Waals surface area contributed by atoms with Crippen LogP contribution in [-0.2, 0) is 16.0 Å². The summed E-state index contributed by atoms with van der Waals surface area (Å²) in [5, 5.41) is 2.87. The molecule has 0 aromatic heterocycles. The molecule has 2 rings (SSSR count). The minimum atomic E-state index is -0.223. The van der Waals surface area contributed by atoms with Gasteiger partial charge in [-0.15, -0.1) is 0 Å². The summed E-state index contributed by atoms with van der Waals surface area (Å²) in [6.07, 6.45) is 2.16. The van der Waals surface area contributed by atoms with E-state index in [-0.39, 0.29) is 17.7 Å². The molecule has 1 unspecified atom stereocenters. The van der Waals surface area contributed by atoms with E-state index in [9.17, 15) is 9.59 Å². The van der Waals surface area contributed by atoms with Crippen LogP contribution in [0.15, 0.2) is 24.3 Å². The molecule has 4 nitrogen and oxygen atoms in total. The van der Waals surface area contributed by atoms with E-state index in [0.717, 1.165) is 18.5 Å². The number of benzene rings is 1. The maximum Gasteiger partial charge on any atom is 0.227 e. The van der Waals surface area contributed by atoms with Gasteiger partial charge in [0.1, 0.15) is 0 Å². The zero-order chi connectivity index (χ0) is 14.5. The first kappa shape index (κ1) is 14.6. The van der Waals surface area contributed by atoms with Gasteiger partial charge in [0, 0.05) is 25.2 Å². The van der Waals surface area contributed by atoms with Crippen molar-refractivity contribution in [2.75, 3.05) is 18.0 Å². The fourth-order valence-corrected chi connectivity index (χ4v) is 2.47. The molecule has 1 fully saturated rings. The zero-order valence-electron chi connectivity index (χ0n) is 12.2. The van der Waals surface area contributed by atoms with Crippen LogP contribution in [-0.4, -0.2) is 24.9 Å². The fraction of sp³-hybridized carbons (Fsp3) is 0.500. The van der Waals surface area contributed by atoms with E-state index in [2.05, 4.69) is 18.3 Å². The Morgan fingerprint density at radius 1 is 1.40 bits per heavy atom. The Morgan fingerprint density at radius 2 is 2.20 bits per heavy atom. The van der Waals surface area contributed by atoms with Gasteiger partial charge in [0.05, 0.1) is 5.92 Å². The molecule has 4 heteroatoms. The van der Waals surface area contributed by atoms with E-state index in [1.165, 1.54) is 5.56 Å². The normalized spacial score (nSPS) is 18.4. The molecule has 0 bridgehead atoms. The highest BCUT2D eigenvalue weighted by molar-refractivity contribution is 6.00. The van der Waals surface area contributed by atoms with Crippen molar-refractivity contribution in [2.45, 2.75) is 33.1 Å². The molecule has 108 valence electrons. The van der Waals surface area contributed by atoms with E-state index in [1.807, 2.05) is 25.1 Å². The molecule has 2 amide bonds. The zero-order valence-corrected chi connectivity index (χ0v) is 12.2. The molecule has 1 aliphatic heterocycles. The second kappa shape index (κ2) is 6.55. The molecule has 1 heterocycles. The van der Waals surface area contributed by atoms with Gasteiger partial charge in [-0.2, -0.15) is 0 Å². The van der Waals surface area contributed by atoms with E-state index < -0.39 is 0 Å². The lowest BCUT2D eigenvalue weighted by molar-refractivity contribution is -0.126. The molecule has 0 saturated carbocycles. The third-order valence-corrected chi connectivity index (χ3v) is 3.68. The second-order valence-electron chi connectivity index (χ2n) is 5.22. The van der Waals surface area contributed by atoms with Crippen LogP contribution in [0.2, 0.25) is 0 Å². The van der Waals surface area contributed by atoms with E-state index in [4.69, 9.17) is 0 Å². The number of rotatable bonds is 5. The lowest BCUT2D eigenvalue weighted by Gasteiger charge is -2.17. The number of carbonyl (C=O) groups is 2. The molecule has 0 aliphatic carbocycles. The second-order valence-corrected chi connectivity index (χ2v) is 5.22. The molecule has 1 aromatic rings. The molecule has 1 atom stereocenters. The standard InChI is InChI=1S/C16H22N2O2/c1-3-8-17-16(20)13-10-15(19)18(11-13)14-7-5-6-12(4-2)9-14/h5-7,9,13H,3-4,8,10-11H2,1-2H3,(H,17,20). The number of hydrogen-bond acceptors (Lipinski definition) is 2. The number of aryl methyl sites for hydroxylation is 1. The third-order valence-electron chi connectivity index (χ3n) is 3.68. The van der Waals surface area contributed by atoms with Gasteiger partial charge in [0.25, 0.3) is 0 Å². The Bertz CT molecular complexity index is 499. The summed E-state index contributed by atoms with van der Waals surface area (Å²) in [7, 11) is 0. The van der Waals surface area contributed by atoms with Gasteiger partial charge in [-0.05, 0) is 30.5 Å². The summed E-state index contributed by atoms with van der Waals surface area (Å²) < 4.78 is 0. The van der Waals surface area contributed by atoms with Crippen LogP contribution in [0.4, 0.5) is 5.69 Å². The predicted octanol–water partition coefficient (Wildman–Crippen LogP) is 2.13. The van der Waals surface area contributed by atoms with Gasteiger partial charge in [0.2, 0.25) is 11.8 Å². The first-order valence-corrected chi connectivity index (χ1v) is 7.32. The lowest BCUT2D eigenvalue weighted by Crippen LogP contribution is -2.33. The van der Waals surface area contributed by atoms with Crippen molar-refractivity contribution in [1.29, 1.82) is 0 Å². The number of nitrogens with one attached hydrogen (secondary N) is 1. The van der Waals surface area contributed by atoms with Gasteiger partial charge in [-0.3, -0.25) is 9.59 Å². The Labute approximate surface area is 120 Å². The number of hydrogen-bond donors (Lipinski definition) is 1. The van der Waals surface area contributed by atoms with Crippen molar-refractivity contribution in [3.63, 3.8) is 0 Å². The topological polar surface area (TPSA) is 49.4 Å². The lowest BCUT2D eigenvalue weighted by atomic mass is 10.1. The maximum atomic E-state index is 12.1. The van der Waals surface area contributed by atoms with Crippen LogP contribution >= 0.6 is 0 Å². The first-order valence-electron chi connectivity index (χ1n) is 7.32. The number of nitrogens with zero attached hydrogens (tertiary/aromatic N) is 1. The summed E-state index contributed by atoms with van der Waals surface area (Å²) in [4.78, 5) is 25.8. The van der Waals surface area contributed by atoms with Crippen LogP contribution < -0.4 is 10.2 Å². The van der Waals surface area contributed by atoms with E-state index in [0.29, 0.717) is 19.5 Å². The van der Waals surface area contributed by atoms with Crippen LogP contribution in [0.3, 0.4) is 0 Å². The molecule has 1 aromatic carbocycles. The molecular formula is C16H22N2O2. The van der Waals surface area contributed by atoms with Crippen LogP contribution in [0.5, 0.6) is 0 Å². The highest BCUT2D eigenvalue weighted by Gasteiger charge is 2.34. The molecule has 20 heavy (non-hydrogen) atoms. The van der Waals surface area contributed by atoms with E-state index in [1.54, 1.807) is 4.90 Å². The quantitative estimate of drug-likeness (QED) is 0.894. The summed E-state index contributed by atoms with van der Waals surface area (Å²) in [5.74, 6) is -0.191. The Kier molecular flexibility index (Phi) is 4.77. The smallest absolute Gasteiger partial charge is 0.227 e. The Balaban J connectivity index is 2.07. The summed E-state index contributed by atoms with van der Waals surface area (Å²) in [5.41, 5.74) is 2.11. The molecular weight excluding hydrogens is 252 g/mol. The van der Waals surface area contributed by atoms with E-state index >= 15 is 0 Å². The van der Waals surface area contributed by atoms with Gasteiger partial charge in [0.15, 0.2) is 0 Å². The van der Waals surface area contributed by atoms with Crippen molar-refractivity contribution in [3.8, 4) is 0 Å². The summed E-state index contributed by atoms with van der Waals surface area (Å²) >= 11 is 0. The molecule has 1 N–H and O–H groups in total. The van der Waals surface area contributed by atoms with Gasteiger partial charge in [-0.25, -0.2) is 0 Å². The highest BCUT2D eigenvalue weighted by atomic mass is 16.2. The fourth-order valence-electron chi connectivity index (χ4n) is 2.47. The number of carbonyl (C=O) groups excluding carboxylic acids is 2. The number of anilines is 1. The predicted molar refractivity (Wildman–Crippen MR) is 79.6 cm³/mol. The molecule has 1 aliphatic rings. The molecule has 0 spiro atoms. The summed E-state index contributed by atoms with van der Waals surface area (Å²) in [6.45, 7) is 5.27. The van der Waals surface area contributed by atoms with Crippen molar-refractivity contribution in [3.05, 3.63) is 29.8 Å². The minimum Gasteiger partial charge on any atom is -0.356 e. The monoisotopic (exact) mass is 274 g/mol. The molecule has 0 radical (unpaired) electrons. The first-order chi connectivity index (χ1) is 9.65. The van der Waals surface area contributed by atoms with Gasteiger partial charge in [-0.1, -0.05) is 26.0 Å². The van der Waals surface area contributed by atoms with Crippen molar-refractivity contribution >= 4 is 17.5 Å². The Hall–Kier alpha value is -1.84. The van der Waals surface area contributed by atoms with Crippen LogP contribution in [0.25, 0.3) is 0 Å². The minimum absolute atomic E-state index is 0.00524. The van der Waals surface area contributed by atoms with Crippen LogP contribution in [0, 0.1) is 5.92 Å². The Morgan fingerprint density at radius 3 is 2.90 bits per heavy atom. The largest absolute Gasteiger partial charge is 0.356 e. The van der Waals surface area contributed by atoms with Crippen molar-refractivity contribution in [1.82, 2.24) is 5.32 Å². The van der Waals surface area contributed by atoms with Crippen molar-refractivity contribution in [2.24, 2.45) is 5.92 Å².